The van der Waals surface area contributed by atoms with Gasteiger partial charge in [0.15, 0.2) is 6.10 Å². The summed E-state index contributed by atoms with van der Waals surface area (Å²) in [7, 11) is 0. The van der Waals surface area contributed by atoms with Gasteiger partial charge < -0.3 is 10.4 Å². The van der Waals surface area contributed by atoms with Gasteiger partial charge in [0.2, 0.25) is 0 Å². The lowest BCUT2D eigenvalue weighted by Crippen LogP contribution is -2.61. The second-order valence-electron chi connectivity index (χ2n) is 1.71. The Morgan fingerprint density at radius 2 is 2.50 bits per heavy atom. The van der Waals surface area contributed by atoms with E-state index in [-0.39, 0.29) is 11.9 Å². The van der Waals surface area contributed by atoms with Crippen molar-refractivity contribution in [3.63, 3.8) is 0 Å². The predicted octanol–water partition coefficient (Wildman–Crippen LogP) is -0.968. The number of hydrogen-bond donors (Lipinski definition) is 2. The third kappa shape index (κ3) is 0.518. The van der Waals surface area contributed by atoms with Crippen LogP contribution in [-0.4, -0.2) is 23.2 Å². The van der Waals surface area contributed by atoms with Gasteiger partial charge in [-0.25, -0.2) is 0 Å². The highest BCUT2D eigenvalue weighted by Gasteiger charge is 2.34. The number of rotatable bonds is 1. The Morgan fingerprint density at radius 1 is 1.88 bits per heavy atom. The van der Waals surface area contributed by atoms with E-state index in [0.717, 1.165) is 0 Å². The number of aliphatic hydroxyl groups excluding tert-OH is 1. The number of amides is 1. The average molecular weight is 113 g/mol. The molecular formula is C5H7NO2. The van der Waals surface area contributed by atoms with E-state index in [1.807, 2.05) is 0 Å². The van der Waals surface area contributed by atoms with Crippen LogP contribution in [0.2, 0.25) is 0 Å². The van der Waals surface area contributed by atoms with Gasteiger partial charge in [-0.05, 0) is 0 Å². The van der Waals surface area contributed by atoms with Crippen LogP contribution in [-0.2, 0) is 4.79 Å². The molecule has 1 saturated heterocycles. The van der Waals surface area contributed by atoms with E-state index < -0.39 is 6.10 Å². The summed E-state index contributed by atoms with van der Waals surface area (Å²) in [6, 6.07) is -0.220. The van der Waals surface area contributed by atoms with Crippen molar-refractivity contribution in [3.05, 3.63) is 12.7 Å². The van der Waals surface area contributed by atoms with Crippen molar-refractivity contribution in [1.29, 1.82) is 0 Å². The molecule has 3 heteroatoms. The van der Waals surface area contributed by atoms with Gasteiger partial charge in [-0.3, -0.25) is 4.79 Å². The zero-order valence-electron chi connectivity index (χ0n) is 4.29. The summed E-state index contributed by atoms with van der Waals surface area (Å²) < 4.78 is 0. The first-order chi connectivity index (χ1) is 3.75. The number of carbonyl (C=O) groups excluding carboxylic acids is 1. The molecule has 0 aliphatic carbocycles. The minimum atomic E-state index is -0.854. The Bertz CT molecular complexity index is 132. The van der Waals surface area contributed by atoms with Gasteiger partial charge >= 0.3 is 0 Å². The summed E-state index contributed by atoms with van der Waals surface area (Å²) in [5, 5.41) is 11.1. The first-order valence-electron chi connectivity index (χ1n) is 2.36. The quantitative estimate of drug-likeness (QED) is 0.339. The van der Waals surface area contributed by atoms with Crippen LogP contribution >= 0.6 is 0 Å². The van der Waals surface area contributed by atoms with Crippen molar-refractivity contribution in [2.45, 2.75) is 12.1 Å². The van der Waals surface area contributed by atoms with Gasteiger partial charge in [0.1, 0.15) is 0 Å². The number of hydrogen-bond acceptors (Lipinski definition) is 2. The maximum absolute atomic E-state index is 10.2. The highest BCUT2D eigenvalue weighted by atomic mass is 16.3. The molecule has 0 aromatic rings. The standard InChI is InChI=1S/C5H7NO2/c1-2-3-4(7)5(8)6-3/h2-4,7H,1H2,(H,6,8)/t3-,4+/m0/s1. The normalized spacial score (nSPS) is 35.4. The molecule has 0 aromatic carbocycles. The molecule has 2 atom stereocenters. The molecule has 1 rings (SSSR count). The molecule has 0 bridgehead atoms. The molecule has 1 aliphatic heterocycles. The molecule has 2 N–H and O–H groups in total. The minimum absolute atomic E-state index is 0.220. The van der Waals surface area contributed by atoms with Crippen molar-refractivity contribution in [2.75, 3.05) is 0 Å². The summed E-state index contributed by atoms with van der Waals surface area (Å²) in [5.74, 6) is -0.310. The first-order valence-corrected chi connectivity index (χ1v) is 2.36. The lowest BCUT2D eigenvalue weighted by Gasteiger charge is -2.29. The minimum Gasteiger partial charge on any atom is -0.381 e. The Morgan fingerprint density at radius 3 is 2.62 bits per heavy atom. The molecule has 1 fully saturated rings. The molecule has 0 radical (unpaired) electrons. The van der Waals surface area contributed by atoms with Crippen LogP contribution in [0.3, 0.4) is 0 Å². The van der Waals surface area contributed by atoms with E-state index in [1.165, 1.54) is 6.08 Å². The zero-order chi connectivity index (χ0) is 6.15. The third-order valence-corrected chi connectivity index (χ3v) is 1.17. The molecule has 1 aliphatic rings. The second-order valence-corrected chi connectivity index (χ2v) is 1.71. The van der Waals surface area contributed by atoms with Gasteiger partial charge in [0.25, 0.3) is 5.91 Å². The van der Waals surface area contributed by atoms with Crippen LogP contribution in [0.25, 0.3) is 0 Å². The Labute approximate surface area is 47.0 Å². The van der Waals surface area contributed by atoms with Crippen molar-refractivity contribution in [1.82, 2.24) is 5.32 Å². The first kappa shape index (κ1) is 5.31. The molecule has 0 saturated carbocycles. The third-order valence-electron chi connectivity index (χ3n) is 1.17. The van der Waals surface area contributed by atoms with Crippen LogP contribution in [0.5, 0.6) is 0 Å². The molecular weight excluding hydrogens is 106 g/mol. The highest BCUT2D eigenvalue weighted by Crippen LogP contribution is 2.04. The molecule has 0 spiro atoms. The topological polar surface area (TPSA) is 49.3 Å². The van der Waals surface area contributed by atoms with Gasteiger partial charge in [-0.2, -0.15) is 0 Å². The Kier molecular flexibility index (Phi) is 1.06. The average Bonchev–Trinajstić information content (AvgIpc) is 1.81. The number of carbonyl (C=O) groups is 1. The van der Waals surface area contributed by atoms with E-state index in [0.29, 0.717) is 0 Å². The molecule has 8 heavy (non-hydrogen) atoms. The Hall–Kier alpha value is -0.830. The zero-order valence-corrected chi connectivity index (χ0v) is 4.29. The van der Waals surface area contributed by atoms with Crippen LogP contribution in [0, 0.1) is 0 Å². The maximum Gasteiger partial charge on any atom is 0.251 e. The van der Waals surface area contributed by atoms with Crippen LogP contribution in [0.4, 0.5) is 0 Å². The van der Waals surface area contributed by atoms with Gasteiger partial charge in [0.05, 0.1) is 6.04 Å². The molecule has 44 valence electrons. The molecule has 3 nitrogen and oxygen atoms in total. The molecule has 1 amide bonds. The summed E-state index contributed by atoms with van der Waals surface area (Å²) in [4.78, 5) is 10.2. The fourth-order valence-electron chi connectivity index (χ4n) is 0.583. The largest absolute Gasteiger partial charge is 0.381 e. The summed E-state index contributed by atoms with van der Waals surface area (Å²) in [5.41, 5.74) is 0. The lowest BCUT2D eigenvalue weighted by molar-refractivity contribution is -0.140. The van der Waals surface area contributed by atoms with Crippen molar-refractivity contribution in [2.24, 2.45) is 0 Å². The SMILES string of the molecule is C=C[C@@H]1NC(=O)[C@@H]1O. The highest BCUT2D eigenvalue weighted by molar-refractivity contribution is 5.88. The van der Waals surface area contributed by atoms with Crippen molar-refractivity contribution >= 4 is 5.91 Å². The van der Waals surface area contributed by atoms with Crippen molar-refractivity contribution < 1.29 is 9.90 Å². The van der Waals surface area contributed by atoms with E-state index in [9.17, 15) is 4.79 Å². The van der Waals surface area contributed by atoms with Gasteiger partial charge in [-0.1, -0.05) is 6.08 Å². The number of aliphatic hydroxyl groups is 1. The van der Waals surface area contributed by atoms with Crippen molar-refractivity contribution in [3.8, 4) is 0 Å². The van der Waals surface area contributed by atoms with Crippen LogP contribution in [0.1, 0.15) is 0 Å². The molecule has 0 unspecified atom stereocenters. The maximum atomic E-state index is 10.2. The monoisotopic (exact) mass is 113 g/mol. The number of nitrogens with one attached hydrogen (secondary N) is 1. The smallest absolute Gasteiger partial charge is 0.251 e. The molecule has 1 heterocycles. The predicted molar refractivity (Wildman–Crippen MR) is 28.1 cm³/mol. The van der Waals surface area contributed by atoms with E-state index in [2.05, 4.69) is 11.9 Å². The second kappa shape index (κ2) is 1.59. The van der Waals surface area contributed by atoms with Crippen LogP contribution < -0.4 is 5.32 Å². The molecule has 0 aromatic heterocycles. The van der Waals surface area contributed by atoms with E-state index in [1.54, 1.807) is 0 Å². The van der Waals surface area contributed by atoms with Gasteiger partial charge in [-0.15, -0.1) is 6.58 Å². The van der Waals surface area contributed by atoms with Crippen LogP contribution in [0.15, 0.2) is 12.7 Å². The lowest BCUT2D eigenvalue weighted by atomic mass is 10.0. The summed E-state index contributed by atoms with van der Waals surface area (Å²) in [6.07, 6.45) is 0.652. The summed E-state index contributed by atoms with van der Waals surface area (Å²) in [6.45, 7) is 3.39. The number of β-lactam (4-membered cyclic amide) rings is 1. The van der Waals surface area contributed by atoms with E-state index >= 15 is 0 Å². The summed E-state index contributed by atoms with van der Waals surface area (Å²) >= 11 is 0. The Balaban J connectivity index is 2.47. The van der Waals surface area contributed by atoms with Gasteiger partial charge in [0, 0.05) is 0 Å². The fourth-order valence-corrected chi connectivity index (χ4v) is 0.583. The van der Waals surface area contributed by atoms with E-state index in [4.69, 9.17) is 5.11 Å². The fraction of sp³-hybridized carbons (Fsp3) is 0.400.